The molecule has 24 aliphatic rings. The Labute approximate surface area is 826 Å². The van der Waals surface area contributed by atoms with Gasteiger partial charge in [-0.25, -0.2) is 0 Å². The lowest BCUT2D eigenvalue weighted by atomic mass is 9.87. The summed E-state index contributed by atoms with van der Waals surface area (Å²) in [4.78, 5) is 0. The number of benzene rings is 3. The molecule has 37 atom stereocenters. The van der Waals surface area contributed by atoms with Crippen molar-refractivity contribution >= 4 is 118 Å². The van der Waals surface area contributed by atoms with Crippen LogP contribution in [0, 0.1) is 94.7 Å². The highest BCUT2D eigenvalue weighted by atomic mass is 28.2. The molecule has 0 spiro atoms. The first-order chi connectivity index (χ1) is 64.5. The molecular weight excluding hydrogens is 1840 g/mol. The number of hydrogen-bond donors (Lipinski definition) is 0. The molecule has 37 unspecified atom stereocenters. The maximum atomic E-state index is 5.93. The summed E-state index contributed by atoms with van der Waals surface area (Å²) in [5, 5.41) is 1.39. The summed E-state index contributed by atoms with van der Waals surface area (Å²) in [6.07, 6.45) is 42.1. The van der Waals surface area contributed by atoms with E-state index in [2.05, 4.69) is 48.5 Å². The quantitative estimate of drug-likeness (QED) is 0.0470. The first kappa shape index (κ1) is 102. The minimum Gasteiger partial charge on any atom is -0.491 e. The summed E-state index contributed by atoms with van der Waals surface area (Å²) < 4.78 is 102. The zero-order chi connectivity index (χ0) is 91.0. The summed E-state index contributed by atoms with van der Waals surface area (Å²) >= 11 is 0. The molecule has 132 heavy (non-hydrogen) atoms. The minimum atomic E-state index is 0.344. The van der Waals surface area contributed by atoms with Gasteiger partial charge in [0.15, 0.2) is 0 Å². The molecule has 0 radical (unpaired) electrons. The lowest BCUT2D eigenvalue weighted by Crippen LogP contribution is -2.26. The third-order valence-electron chi connectivity index (χ3n) is 34.6. The van der Waals surface area contributed by atoms with E-state index in [1.807, 2.05) is 24.3 Å². The fourth-order valence-electron chi connectivity index (χ4n) is 26.0. The Morgan fingerprint density at radius 1 is 0.303 bits per heavy atom. The van der Waals surface area contributed by atoms with Gasteiger partial charge in [0, 0.05) is 132 Å². The van der Waals surface area contributed by atoms with E-state index >= 15 is 0 Å². The molecule has 11 saturated heterocycles. The number of hydrogen-bond acceptors (Lipinski definition) is 19. The van der Waals surface area contributed by atoms with Crippen molar-refractivity contribution in [2.45, 2.75) is 303 Å². The van der Waals surface area contributed by atoms with Crippen molar-refractivity contribution < 1.29 is 90.0 Å². The number of aryl methyl sites for hydroxylation is 1. The summed E-state index contributed by atoms with van der Waals surface area (Å²) in [5.41, 5.74) is 8.30. The maximum Gasteiger partial charge on any atom is 0.119 e. The average Bonchev–Trinajstić information content (AvgIpc) is 1.56. The van der Waals surface area contributed by atoms with Gasteiger partial charge in [-0.15, -0.1) is 0 Å². The molecule has 30 heteroatoms. The van der Waals surface area contributed by atoms with Crippen LogP contribution in [0.3, 0.4) is 0 Å². The first-order valence-electron chi connectivity index (χ1n) is 54.5. The van der Waals surface area contributed by atoms with E-state index in [1.54, 1.807) is 6.42 Å². The molecule has 742 valence electrons. The second kappa shape index (κ2) is 50.8. The van der Waals surface area contributed by atoms with Crippen LogP contribution in [0.25, 0.3) is 0 Å². The standard InChI is InChI=1S/2C11H20O2Si.C11H16O2Si.2C10H18O2Si.C10H14O2Si.C9H12O2Si.C9H16OSi.C8H16OSi.C7H12OSi.C6H14O2Si/c14-11-3-7-1-8(11)2-9(7)4-12-5-10-6-13-10;14-11-3-7-1-8(10(11)2-7)4-12-5-9-6-13-9;14-6-5-9-1-3-10(4-2-9)12-7-11-8-13-11;13-10-3-6-1-7(10)2-9(6)12-5-8-4-11-8;13-10-3-6-1-8(10)9(2-6)12-5-7-4-11-7;13-7-8-1-3-9(4-2-8)11-5-10-6-12-10;12-9-3-1-7(2-4-9)10-5-8-6-11-8;11-2-1-5-3-6-4-7(5)9-8(6)10-9;10-4-3-6-1-2-7-8(5-6)9-7;9-5-2-3-1-4(5)7-6(3)8-7;9-3-1-2-7-4-6-5-8-6/h2*7-11H,1-6H2,14H3;1-4,11H,5-8H2,14H3;2*6-10H,1-5H2,13H3;1-4,10H,5-7H2,13H3;1-4,8H,5-6H2,12H3;5-9H,1-4H2,11H3;6-8H,1-5H2,10H3;3-7H,1-2H2,9H3;6H,1-5H2,9H3. The minimum absolute atomic E-state index is 0.344. The topological polar surface area (TPSA) is 212 Å². The molecule has 0 N–H and O–H groups in total. The average molecular weight is 2020 g/mol. The Hall–Kier alpha value is -1.19. The lowest BCUT2D eigenvalue weighted by molar-refractivity contribution is 0.00884. The number of fused-ring (bicyclic) bond motifs is 19. The van der Waals surface area contributed by atoms with E-state index in [0.29, 0.717) is 93.1 Å². The van der Waals surface area contributed by atoms with Crippen LogP contribution in [-0.4, -0.2) is 336 Å². The predicted octanol–water partition coefficient (Wildman–Crippen LogP) is 3.32. The van der Waals surface area contributed by atoms with Gasteiger partial charge < -0.3 is 90.0 Å². The first-order valence-corrected chi connectivity index (χ1v) is 68.3. The van der Waals surface area contributed by atoms with Crippen LogP contribution in [0.15, 0.2) is 72.8 Å². The summed E-state index contributed by atoms with van der Waals surface area (Å²) in [6, 6.07) is 31.9. The molecule has 3 aromatic rings. The summed E-state index contributed by atoms with van der Waals surface area (Å²) in [5.74, 6) is 18.8. The molecule has 0 amide bonds. The van der Waals surface area contributed by atoms with E-state index in [9.17, 15) is 0 Å². The molecule has 27 rings (SSSR count). The lowest BCUT2D eigenvalue weighted by Gasteiger charge is -2.26. The molecular formula is C102H176O19Si11. The van der Waals surface area contributed by atoms with E-state index in [-0.39, 0.29) is 0 Å². The van der Waals surface area contributed by atoms with Crippen LogP contribution >= 0.6 is 0 Å². The van der Waals surface area contributed by atoms with Gasteiger partial charge in [-0.1, -0.05) is 120 Å². The van der Waals surface area contributed by atoms with Crippen molar-refractivity contribution in [2.24, 2.45) is 94.7 Å². The second-order valence-corrected chi connectivity index (χ2v) is 58.8. The predicted molar refractivity (Wildman–Crippen MR) is 563 cm³/mol. The monoisotopic (exact) mass is 2010 g/mol. The van der Waals surface area contributed by atoms with Crippen molar-refractivity contribution in [3.8, 4) is 17.2 Å². The Bertz CT molecular complexity index is 3830. The van der Waals surface area contributed by atoms with E-state index in [4.69, 9.17) is 90.0 Å². The number of rotatable bonds is 35. The third-order valence-corrected chi connectivity index (χ3v) is 45.2. The normalized spacial score (nSPS) is 41.7. The summed E-state index contributed by atoms with van der Waals surface area (Å²) in [6.45, 7) is 16.5. The van der Waals surface area contributed by atoms with Gasteiger partial charge in [0.2, 0.25) is 0 Å². The Morgan fingerprint density at radius 2 is 0.765 bits per heavy atom. The van der Waals surface area contributed by atoms with Gasteiger partial charge in [-0.05, 0) is 269 Å². The van der Waals surface area contributed by atoms with Crippen molar-refractivity contribution in [1.82, 2.24) is 0 Å². The molecule has 11 aliphatic heterocycles. The van der Waals surface area contributed by atoms with Gasteiger partial charge in [0.05, 0.1) is 135 Å². The maximum absolute atomic E-state index is 5.93. The van der Waals surface area contributed by atoms with Crippen molar-refractivity contribution in [2.75, 3.05) is 126 Å². The van der Waals surface area contributed by atoms with Crippen molar-refractivity contribution in [3.63, 3.8) is 0 Å². The van der Waals surface area contributed by atoms with Gasteiger partial charge in [-0.3, -0.25) is 0 Å². The van der Waals surface area contributed by atoms with E-state index < -0.39 is 0 Å². The fourth-order valence-corrected chi connectivity index (χ4v) is 35.6. The van der Waals surface area contributed by atoms with Crippen molar-refractivity contribution in [1.29, 1.82) is 0 Å². The molecule has 13 saturated carbocycles. The molecule has 11 heterocycles. The zero-order valence-corrected chi connectivity index (χ0v) is 105. The molecule has 3 aromatic carbocycles. The SMILES string of the molecule is [SiH3]C1CC2CC(COCC3CO3)C1C2.[SiH3]C1CC2CC(OCC3CO3)C1C2.[SiH3]C1CC2CC1C1OC21.[SiH3]C1CC2CC1CC2COCC1CO1.[SiH3]C1CC2CC1CC2OCC1CO1.[SiH3]CCC1CC2CC1C1OC21.[SiH3]CCC1CCC2OC2C1.[SiH3]CCCOCC1CO1.[SiH3]CCc1ccc(OCC2CO2)cc1.[SiH3]Cc1ccc(OCC2CO2)cc1.[SiH3]c1ccc(OCC2CO2)cc1. The molecule has 0 aromatic heterocycles. The largest absolute Gasteiger partial charge is 0.491 e. The Kier molecular flexibility index (Phi) is 39.4. The summed E-state index contributed by atoms with van der Waals surface area (Å²) in [7, 11) is 14.7. The van der Waals surface area contributed by atoms with Crippen LogP contribution in [-0.2, 0) is 88.3 Å². The van der Waals surface area contributed by atoms with E-state index in [1.165, 1.54) is 290 Å². The molecule has 12 bridgehead atoms. The molecule has 19 nitrogen and oxygen atoms in total. The fraction of sp³-hybridized carbons (Fsp3) is 0.824. The Balaban J connectivity index is 0.000000102. The van der Waals surface area contributed by atoms with Crippen LogP contribution in [0.4, 0.5) is 0 Å². The highest BCUT2D eigenvalue weighted by molar-refractivity contribution is 6.32. The van der Waals surface area contributed by atoms with Crippen LogP contribution in [0.1, 0.15) is 152 Å². The van der Waals surface area contributed by atoms with Crippen LogP contribution in [0.5, 0.6) is 17.2 Å². The molecule has 24 fully saturated rings. The van der Waals surface area contributed by atoms with E-state index in [0.717, 1.165) is 280 Å². The van der Waals surface area contributed by atoms with Crippen molar-refractivity contribution in [3.05, 3.63) is 83.9 Å². The van der Waals surface area contributed by atoms with Gasteiger partial charge >= 0.3 is 0 Å². The highest BCUT2D eigenvalue weighted by Crippen LogP contribution is 2.62. The van der Waals surface area contributed by atoms with Crippen LogP contribution < -0.4 is 19.4 Å². The van der Waals surface area contributed by atoms with Gasteiger partial charge in [0.25, 0.3) is 0 Å². The second-order valence-electron chi connectivity index (χ2n) is 45.5. The number of ether oxygens (including phenoxy) is 19. The zero-order valence-electron chi connectivity index (χ0n) is 83.3. The smallest absolute Gasteiger partial charge is 0.119 e. The highest BCUT2D eigenvalue weighted by Gasteiger charge is 2.63. The number of epoxide rings is 11. The van der Waals surface area contributed by atoms with Gasteiger partial charge in [0.1, 0.15) is 85.9 Å². The van der Waals surface area contributed by atoms with Gasteiger partial charge in [-0.2, -0.15) is 0 Å². The molecule has 13 aliphatic carbocycles. The third kappa shape index (κ3) is 32.7. The Morgan fingerprint density at radius 3 is 1.21 bits per heavy atom. The van der Waals surface area contributed by atoms with Crippen LogP contribution in [0.2, 0.25) is 51.9 Å².